The van der Waals surface area contributed by atoms with E-state index in [9.17, 15) is 4.79 Å². The van der Waals surface area contributed by atoms with Crippen LogP contribution in [-0.2, 0) is 16.0 Å². The molecule has 0 aliphatic rings. The summed E-state index contributed by atoms with van der Waals surface area (Å²) in [5.41, 5.74) is 0.998. The number of nitriles is 1. The topological polar surface area (TPSA) is 50.1 Å². The predicted octanol–water partition coefficient (Wildman–Crippen LogP) is 3.09. The van der Waals surface area contributed by atoms with Gasteiger partial charge in [0.05, 0.1) is 12.7 Å². The average Bonchev–Trinajstić information content (AvgIpc) is 2.45. The third-order valence-corrected chi connectivity index (χ3v) is 3.03. The summed E-state index contributed by atoms with van der Waals surface area (Å²) < 4.78 is 4.92. The van der Waals surface area contributed by atoms with Gasteiger partial charge < -0.3 is 4.74 Å². The van der Waals surface area contributed by atoms with Gasteiger partial charge in [-0.25, -0.2) is 0 Å². The molecule has 0 amide bonds. The fourth-order valence-electron chi connectivity index (χ4n) is 2.11. The van der Waals surface area contributed by atoms with Crippen LogP contribution in [0.4, 0.5) is 0 Å². The molecule has 0 bridgehead atoms. The number of fused-ring (bicyclic) bond motifs is 1. The van der Waals surface area contributed by atoms with Crippen LogP contribution < -0.4 is 0 Å². The number of carbonyl (C=O) groups excluding carboxylic acids is 1. The first-order valence-electron chi connectivity index (χ1n) is 6.29. The molecule has 0 heterocycles. The van der Waals surface area contributed by atoms with Crippen LogP contribution in [0.25, 0.3) is 10.8 Å². The monoisotopic (exact) mass is 253 g/mol. The number of carbonyl (C=O) groups is 1. The lowest BCUT2D eigenvalue weighted by Crippen LogP contribution is -2.18. The van der Waals surface area contributed by atoms with Gasteiger partial charge in [0.25, 0.3) is 0 Å². The summed E-state index contributed by atoms with van der Waals surface area (Å²) in [7, 11) is 0. The minimum atomic E-state index is -0.745. The number of rotatable bonds is 4. The first kappa shape index (κ1) is 13.1. The second kappa shape index (κ2) is 6.01. The molecule has 0 saturated heterocycles. The van der Waals surface area contributed by atoms with E-state index in [1.807, 2.05) is 48.5 Å². The summed E-state index contributed by atoms with van der Waals surface area (Å²) in [5, 5.41) is 11.3. The van der Waals surface area contributed by atoms with Crippen LogP contribution in [-0.4, -0.2) is 12.6 Å². The van der Waals surface area contributed by atoms with Gasteiger partial charge in [-0.3, -0.25) is 4.79 Å². The molecule has 2 aromatic carbocycles. The molecule has 2 rings (SSSR count). The molecule has 0 aromatic heterocycles. The molecule has 0 fully saturated rings. The minimum absolute atomic E-state index is 0.298. The zero-order valence-corrected chi connectivity index (χ0v) is 10.8. The fraction of sp³-hybridized carbons (Fsp3) is 0.250. The van der Waals surface area contributed by atoms with Crippen LogP contribution in [0.1, 0.15) is 12.5 Å². The van der Waals surface area contributed by atoms with E-state index in [1.54, 1.807) is 6.92 Å². The second-order valence-electron chi connectivity index (χ2n) is 4.28. The van der Waals surface area contributed by atoms with E-state index in [0.29, 0.717) is 13.0 Å². The van der Waals surface area contributed by atoms with Gasteiger partial charge in [-0.05, 0) is 29.7 Å². The normalized spacial score (nSPS) is 11.8. The summed E-state index contributed by atoms with van der Waals surface area (Å²) in [6, 6.07) is 15.9. The summed E-state index contributed by atoms with van der Waals surface area (Å²) in [6.45, 7) is 2.04. The third kappa shape index (κ3) is 2.92. The smallest absolute Gasteiger partial charge is 0.323 e. The van der Waals surface area contributed by atoms with Crippen molar-refractivity contribution in [2.45, 2.75) is 13.3 Å². The molecule has 0 N–H and O–H groups in total. The molecular formula is C16H15NO2. The molecule has 0 radical (unpaired) electrons. The van der Waals surface area contributed by atoms with Gasteiger partial charge in [0.15, 0.2) is 0 Å². The Morgan fingerprint density at radius 1 is 1.26 bits per heavy atom. The summed E-state index contributed by atoms with van der Waals surface area (Å²) in [5.74, 6) is -1.19. The molecule has 19 heavy (non-hydrogen) atoms. The van der Waals surface area contributed by atoms with Crippen LogP contribution in [0.3, 0.4) is 0 Å². The van der Waals surface area contributed by atoms with E-state index >= 15 is 0 Å². The zero-order valence-electron chi connectivity index (χ0n) is 10.8. The van der Waals surface area contributed by atoms with Crippen molar-refractivity contribution < 1.29 is 9.53 Å². The van der Waals surface area contributed by atoms with Crippen LogP contribution in [0.15, 0.2) is 42.5 Å². The Labute approximate surface area is 112 Å². The SMILES string of the molecule is CCOC(=O)C(C#N)Cc1cccc2ccccc12. The molecular weight excluding hydrogens is 238 g/mol. The van der Waals surface area contributed by atoms with E-state index in [1.165, 1.54) is 0 Å². The third-order valence-electron chi connectivity index (χ3n) is 3.03. The maximum atomic E-state index is 11.7. The lowest BCUT2D eigenvalue weighted by atomic mass is 9.96. The van der Waals surface area contributed by atoms with Gasteiger partial charge in [0, 0.05) is 0 Å². The highest BCUT2D eigenvalue weighted by atomic mass is 16.5. The highest BCUT2D eigenvalue weighted by Gasteiger charge is 2.20. The van der Waals surface area contributed by atoms with Crippen molar-refractivity contribution in [2.75, 3.05) is 6.61 Å². The van der Waals surface area contributed by atoms with Gasteiger partial charge in [-0.1, -0.05) is 42.5 Å². The molecule has 2 aromatic rings. The fourth-order valence-corrected chi connectivity index (χ4v) is 2.11. The van der Waals surface area contributed by atoms with E-state index in [4.69, 9.17) is 10.00 Å². The molecule has 0 aliphatic heterocycles. The predicted molar refractivity (Wildman–Crippen MR) is 73.4 cm³/mol. The summed E-state index contributed by atoms with van der Waals surface area (Å²) in [6.07, 6.45) is 0.386. The highest BCUT2D eigenvalue weighted by Crippen LogP contribution is 2.21. The zero-order chi connectivity index (χ0) is 13.7. The molecule has 0 spiro atoms. The lowest BCUT2D eigenvalue weighted by Gasteiger charge is -2.10. The summed E-state index contributed by atoms with van der Waals surface area (Å²) >= 11 is 0. The van der Waals surface area contributed by atoms with Gasteiger partial charge >= 0.3 is 5.97 Å². The van der Waals surface area contributed by atoms with Crippen molar-refractivity contribution in [1.29, 1.82) is 5.26 Å². The number of esters is 1. The summed E-state index contributed by atoms with van der Waals surface area (Å²) in [4.78, 5) is 11.7. The molecule has 96 valence electrons. The highest BCUT2D eigenvalue weighted by molar-refractivity contribution is 5.86. The maximum absolute atomic E-state index is 11.7. The Balaban J connectivity index is 2.30. The van der Waals surface area contributed by atoms with E-state index < -0.39 is 11.9 Å². The lowest BCUT2D eigenvalue weighted by molar-refractivity contribution is -0.145. The Bertz CT molecular complexity index is 623. The number of ether oxygens (including phenoxy) is 1. The quantitative estimate of drug-likeness (QED) is 0.787. The van der Waals surface area contributed by atoms with Crippen molar-refractivity contribution >= 4 is 16.7 Å². The van der Waals surface area contributed by atoms with Crippen LogP contribution in [0, 0.1) is 17.2 Å². The van der Waals surface area contributed by atoms with Crippen molar-refractivity contribution in [1.82, 2.24) is 0 Å². The van der Waals surface area contributed by atoms with Gasteiger partial charge in [0.1, 0.15) is 5.92 Å². The molecule has 0 aliphatic carbocycles. The van der Waals surface area contributed by atoms with Crippen molar-refractivity contribution in [3.63, 3.8) is 0 Å². The van der Waals surface area contributed by atoms with Gasteiger partial charge in [-0.15, -0.1) is 0 Å². The van der Waals surface area contributed by atoms with Gasteiger partial charge in [-0.2, -0.15) is 5.26 Å². The number of hydrogen-bond donors (Lipinski definition) is 0. The first-order chi connectivity index (χ1) is 9.26. The van der Waals surface area contributed by atoms with Crippen LogP contribution in [0.5, 0.6) is 0 Å². The molecule has 3 heteroatoms. The van der Waals surface area contributed by atoms with E-state index in [-0.39, 0.29) is 0 Å². The van der Waals surface area contributed by atoms with Crippen LogP contribution in [0.2, 0.25) is 0 Å². The number of nitrogens with zero attached hydrogens (tertiary/aromatic N) is 1. The number of benzene rings is 2. The van der Waals surface area contributed by atoms with E-state index in [2.05, 4.69) is 0 Å². The second-order valence-corrected chi connectivity index (χ2v) is 4.28. The molecule has 1 atom stereocenters. The largest absolute Gasteiger partial charge is 0.465 e. The van der Waals surface area contributed by atoms with E-state index in [0.717, 1.165) is 16.3 Å². The molecule has 0 saturated carbocycles. The Morgan fingerprint density at radius 3 is 2.74 bits per heavy atom. The Morgan fingerprint density at radius 2 is 2.00 bits per heavy atom. The maximum Gasteiger partial charge on any atom is 0.323 e. The Kier molecular flexibility index (Phi) is 4.15. The number of hydrogen-bond acceptors (Lipinski definition) is 3. The Hall–Kier alpha value is -2.34. The first-order valence-corrected chi connectivity index (χ1v) is 6.29. The molecule has 1 unspecified atom stereocenters. The van der Waals surface area contributed by atoms with Crippen molar-refractivity contribution in [2.24, 2.45) is 5.92 Å². The molecule has 3 nitrogen and oxygen atoms in total. The average molecular weight is 253 g/mol. The van der Waals surface area contributed by atoms with Crippen LogP contribution >= 0.6 is 0 Å². The van der Waals surface area contributed by atoms with Crippen molar-refractivity contribution in [3.05, 3.63) is 48.0 Å². The standard InChI is InChI=1S/C16H15NO2/c1-2-19-16(18)14(11-17)10-13-8-5-7-12-6-3-4-9-15(12)13/h3-9,14H,2,10H2,1H3. The van der Waals surface area contributed by atoms with Crippen molar-refractivity contribution in [3.8, 4) is 6.07 Å². The van der Waals surface area contributed by atoms with Gasteiger partial charge in [0.2, 0.25) is 0 Å². The minimum Gasteiger partial charge on any atom is -0.465 e.